The molecule has 1 fully saturated rings. The average molecular weight is 292 g/mol. The van der Waals surface area contributed by atoms with Crippen LogP contribution >= 0.6 is 0 Å². The minimum Gasteiger partial charge on any atom is -0.480 e. The van der Waals surface area contributed by atoms with Crippen LogP contribution in [-0.2, 0) is 19.6 Å². The summed E-state index contributed by atoms with van der Waals surface area (Å²) in [6.07, 6.45) is 0.446. The molecule has 0 aliphatic carbocycles. The molecule has 0 radical (unpaired) electrons. The number of carboxylic acid groups (broad SMARTS) is 1. The largest absolute Gasteiger partial charge is 0.480 e. The van der Waals surface area contributed by atoms with Gasteiger partial charge in [0.05, 0.1) is 0 Å². The number of piperazine rings is 1. The molecule has 1 amide bonds. The SMILES string of the molecule is CC(C)CC(=O)N1CCN(S(=O)(=O)CC(=O)O)CC1. The Morgan fingerprint density at radius 1 is 1.16 bits per heavy atom. The summed E-state index contributed by atoms with van der Waals surface area (Å²) < 4.78 is 24.5. The summed E-state index contributed by atoms with van der Waals surface area (Å²) in [5.41, 5.74) is 0. The maximum absolute atomic E-state index is 11.8. The molecule has 7 nitrogen and oxygen atoms in total. The van der Waals surface area contributed by atoms with E-state index in [1.54, 1.807) is 4.90 Å². The van der Waals surface area contributed by atoms with Crippen LogP contribution < -0.4 is 0 Å². The van der Waals surface area contributed by atoms with Crippen molar-refractivity contribution in [2.24, 2.45) is 5.92 Å². The second-order valence-electron chi connectivity index (χ2n) is 5.03. The highest BCUT2D eigenvalue weighted by atomic mass is 32.2. The van der Waals surface area contributed by atoms with Gasteiger partial charge in [0.25, 0.3) is 0 Å². The van der Waals surface area contributed by atoms with Crippen molar-refractivity contribution in [2.45, 2.75) is 20.3 Å². The molecule has 19 heavy (non-hydrogen) atoms. The summed E-state index contributed by atoms with van der Waals surface area (Å²) in [6, 6.07) is 0. The van der Waals surface area contributed by atoms with E-state index >= 15 is 0 Å². The first-order valence-electron chi connectivity index (χ1n) is 6.20. The number of amides is 1. The number of carbonyl (C=O) groups excluding carboxylic acids is 1. The molecule has 0 aromatic carbocycles. The fraction of sp³-hybridized carbons (Fsp3) is 0.818. The van der Waals surface area contributed by atoms with E-state index in [-0.39, 0.29) is 24.9 Å². The zero-order valence-corrected chi connectivity index (χ0v) is 12.0. The lowest BCUT2D eigenvalue weighted by molar-refractivity contribution is -0.135. The number of carboxylic acids is 1. The number of hydrogen-bond donors (Lipinski definition) is 1. The molecule has 1 saturated heterocycles. The summed E-state index contributed by atoms with van der Waals surface area (Å²) in [5.74, 6) is -1.97. The summed E-state index contributed by atoms with van der Waals surface area (Å²) >= 11 is 0. The average Bonchev–Trinajstić information content (AvgIpc) is 2.26. The molecule has 0 bridgehead atoms. The topological polar surface area (TPSA) is 95.0 Å². The molecule has 0 unspecified atom stereocenters. The van der Waals surface area contributed by atoms with Crippen molar-refractivity contribution in [2.75, 3.05) is 31.9 Å². The number of sulfonamides is 1. The molecular formula is C11H20N2O5S. The Morgan fingerprint density at radius 3 is 2.11 bits per heavy atom. The van der Waals surface area contributed by atoms with Gasteiger partial charge in [-0.3, -0.25) is 9.59 Å². The first kappa shape index (κ1) is 15.9. The maximum Gasteiger partial charge on any atom is 0.320 e. The Balaban J connectivity index is 2.53. The molecule has 0 spiro atoms. The molecule has 0 saturated carbocycles. The van der Waals surface area contributed by atoms with Crippen LogP contribution in [0.25, 0.3) is 0 Å². The van der Waals surface area contributed by atoms with Crippen LogP contribution in [0, 0.1) is 5.92 Å². The highest BCUT2D eigenvalue weighted by Gasteiger charge is 2.30. The fourth-order valence-electron chi connectivity index (χ4n) is 1.94. The van der Waals surface area contributed by atoms with Gasteiger partial charge in [0, 0.05) is 32.6 Å². The van der Waals surface area contributed by atoms with Crippen molar-refractivity contribution >= 4 is 21.9 Å². The lowest BCUT2D eigenvalue weighted by Gasteiger charge is -2.34. The molecule has 1 aliphatic heterocycles. The van der Waals surface area contributed by atoms with Crippen LogP contribution in [-0.4, -0.2) is 66.5 Å². The van der Waals surface area contributed by atoms with E-state index < -0.39 is 21.7 Å². The summed E-state index contributed by atoms with van der Waals surface area (Å²) in [7, 11) is -3.76. The van der Waals surface area contributed by atoms with Crippen molar-refractivity contribution in [1.29, 1.82) is 0 Å². The van der Waals surface area contributed by atoms with Gasteiger partial charge in [-0.2, -0.15) is 4.31 Å². The van der Waals surface area contributed by atoms with Gasteiger partial charge in [0.15, 0.2) is 5.75 Å². The summed E-state index contributed by atoms with van der Waals surface area (Å²) in [6.45, 7) is 4.88. The number of nitrogens with zero attached hydrogens (tertiary/aromatic N) is 2. The Bertz CT molecular complexity index is 438. The summed E-state index contributed by atoms with van der Waals surface area (Å²) in [4.78, 5) is 23.9. The smallest absolute Gasteiger partial charge is 0.320 e. The second kappa shape index (κ2) is 6.33. The van der Waals surface area contributed by atoms with Crippen LogP contribution in [0.1, 0.15) is 20.3 Å². The number of aliphatic carboxylic acids is 1. The molecular weight excluding hydrogens is 272 g/mol. The van der Waals surface area contributed by atoms with Crippen LogP contribution in [0.15, 0.2) is 0 Å². The Labute approximate surface area is 113 Å². The lowest BCUT2D eigenvalue weighted by Crippen LogP contribution is -2.51. The molecule has 1 aliphatic rings. The van der Waals surface area contributed by atoms with Crippen molar-refractivity contribution < 1.29 is 23.1 Å². The van der Waals surface area contributed by atoms with Crippen LogP contribution in [0.3, 0.4) is 0 Å². The maximum atomic E-state index is 11.8. The number of rotatable bonds is 5. The molecule has 1 rings (SSSR count). The normalized spacial score (nSPS) is 17.7. The first-order chi connectivity index (χ1) is 8.72. The van der Waals surface area contributed by atoms with E-state index in [9.17, 15) is 18.0 Å². The first-order valence-corrected chi connectivity index (χ1v) is 7.80. The number of carbonyl (C=O) groups is 2. The molecule has 0 aromatic rings. The highest BCUT2D eigenvalue weighted by molar-refractivity contribution is 7.89. The van der Waals surface area contributed by atoms with E-state index in [1.165, 1.54) is 0 Å². The van der Waals surface area contributed by atoms with Gasteiger partial charge in [-0.05, 0) is 5.92 Å². The standard InChI is InChI=1S/C11H20N2O5S/c1-9(2)7-10(14)12-3-5-13(6-4-12)19(17,18)8-11(15)16/h9H,3-8H2,1-2H3,(H,15,16). The van der Waals surface area contributed by atoms with Gasteiger partial charge in [0.2, 0.25) is 15.9 Å². The van der Waals surface area contributed by atoms with Gasteiger partial charge in [0.1, 0.15) is 0 Å². The second-order valence-corrected chi connectivity index (χ2v) is 7.00. The summed E-state index contributed by atoms with van der Waals surface area (Å²) in [5, 5.41) is 8.55. The van der Waals surface area contributed by atoms with E-state index in [0.717, 1.165) is 4.31 Å². The predicted molar refractivity (Wildman–Crippen MR) is 69.0 cm³/mol. The third kappa shape index (κ3) is 4.79. The van der Waals surface area contributed by atoms with Crippen LogP contribution in [0.2, 0.25) is 0 Å². The van der Waals surface area contributed by atoms with Crippen LogP contribution in [0.5, 0.6) is 0 Å². The molecule has 0 atom stereocenters. The zero-order chi connectivity index (χ0) is 14.6. The van der Waals surface area contributed by atoms with E-state index in [0.29, 0.717) is 19.5 Å². The zero-order valence-electron chi connectivity index (χ0n) is 11.2. The third-order valence-electron chi connectivity index (χ3n) is 2.87. The van der Waals surface area contributed by atoms with Crippen LogP contribution in [0.4, 0.5) is 0 Å². The van der Waals surface area contributed by atoms with Crippen molar-refractivity contribution in [3.05, 3.63) is 0 Å². The third-order valence-corrected chi connectivity index (χ3v) is 4.64. The number of hydrogen-bond acceptors (Lipinski definition) is 4. The molecule has 1 N–H and O–H groups in total. The van der Waals surface area contributed by atoms with Crippen molar-refractivity contribution in [3.8, 4) is 0 Å². The predicted octanol–water partition coefficient (Wildman–Crippen LogP) is -0.409. The highest BCUT2D eigenvalue weighted by Crippen LogP contribution is 2.11. The Morgan fingerprint density at radius 2 is 1.68 bits per heavy atom. The monoisotopic (exact) mass is 292 g/mol. The van der Waals surface area contributed by atoms with Gasteiger partial charge in [-0.1, -0.05) is 13.8 Å². The Hall–Kier alpha value is -1.15. The Kier molecular flexibility index (Phi) is 5.30. The quantitative estimate of drug-likeness (QED) is 0.743. The van der Waals surface area contributed by atoms with Crippen molar-refractivity contribution in [3.63, 3.8) is 0 Å². The molecule has 0 aromatic heterocycles. The fourth-order valence-corrected chi connectivity index (χ4v) is 3.16. The van der Waals surface area contributed by atoms with Gasteiger partial charge < -0.3 is 10.0 Å². The minimum absolute atomic E-state index is 0.0188. The van der Waals surface area contributed by atoms with Gasteiger partial charge in [-0.25, -0.2) is 8.42 Å². The van der Waals surface area contributed by atoms with Gasteiger partial charge in [-0.15, -0.1) is 0 Å². The molecule has 8 heteroatoms. The molecule has 110 valence electrons. The van der Waals surface area contributed by atoms with Crippen molar-refractivity contribution in [1.82, 2.24) is 9.21 Å². The lowest BCUT2D eigenvalue weighted by atomic mass is 10.1. The van der Waals surface area contributed by atoms with E-state index in [1.807, 2.05) is 13.8 Å². The van der Waals surface area contributed by atoms with E-state index in [2.05, 4.69) is 0 Å². The van der Waals surface area contributed by atoms with Gasteiger partial charge >= 0.3 is 5.97 Å². The molecule has 1 heterocycles. The minimum atomic E-state index is -3.76. The van der Waals surface area contributed by atoms with E-state index in [4.69, 9.17) is 5.11 Å².